The van der Waals surface area contributed by atoms with E-state index in [1.165, 1.54) is 5.56 Å². The van der Waals surface area contributed by atoms with Crippen molar-refractivity contribution in [2.75, 3.05) is 13.1 Å². The summed E-state index contributed by atoms with van der Waals surface area (Å²) in [7, 11) is 0. The molecule has 2 aliphatic heterocycles. The van der Waals surface area contributed by atoms with Gasteiger partial charge in [-0.2, -0.15) is 0 Å². The van der Waals surface area contributed by atoms with E-state index in [0.29, 0.717) is 31.3 Å². The van der Waals surface area contributed by atoms with Crippen LogP contribution in [0.5, 0.6) is 0 Å². The van der Waals surface area contributed by atoms with Crippen molar-refractivity contribution in [2.24, 2.45) is 11.3 Å². The number of aryl methyl sites for hydroxylation is 1. The molecule has 3 aliphatic rings. The van der Waals surface area contributed by atoms with E-state index in [1.807, 2.05) is 4.90 Å². The first-order valence-corrected chi connectivity index (χ1v) is 11.1. The number of nitrogens with one attached hydrogen (secondary N) is 2. The van der Waals surface area contributed by atoms with Crippen LogP contribution in [0.3, 0.4) is 0 Å². The molecule has 2 unspecified atom stereocenters. The predicted molar refractivity (Wildman–Crippen MR) is 110 cm³/mol. The van der Waals surface area contributed by atoms with Gasteiger partial charge in [0.15, 0.2) is 0 Å². The van der Waals surface area contributed by atoms with E-state index in [9.17, 15) is 14.4 Å². The number of hydrogen-bond donors (Lipinski definition) is 2. The molecule has 4 rings (SSSR count). The number of amides is 4. The zero-order valence-corrected chi connectivity index (χ0v) is 18.1. The Balaban J connectivity index is 1.31. The summed E-state index contributed by atoms with van der Waals surface area (Å²) in [5, 5.41) is 9.10. The van der Waals surface area contributed by atoms with E-state index in [4.69, 9.17) is 4.52 Å². The lowest BCUT2D eigenvalue weighted by molar-refractivity contribution is -0.132. The molecule has 2 N–H and O–H groups in total. The van der Waals surface area contributed by atoms with Crippen molar-refractivity contribution >= 4 is 17.8 Å². The Hall–Kier alpha value is -2.38. The number of piperidine rings is 1. The Morgan fingerprint density at radius 1 is 1.20 bits per heavy atom. The van der Waals surface area contributed by atoms with Gasteiger partial charge in [-0.25, -0.2) is 4.79 Å². The van der Waals surface area contributed by atoms with Crippen molar-refractivity contribution in [1.29, 1.82) is 0 Å². The Bertz CT molecular complexity index is 833. The van der Waals surface area contributed by atoms with Gasteiger partial charge in [-0.05, 0) is 49.9 Å². The third kappa shape index (κ3) is 4.23. The highest BCUT2D eigenvalue weighted by molar-refractivity contribution is 6.04. The van der Waals surface area contributed by atoms with E-state index < -0.39 is 12.1 Å². The van der Waals surface area contributed by atoms with Gasteiger partial charge in [0.1, 0.15) is 11.8 Å². The molecular weight excluding hydrogens is 384 g/mol. The zero-order chi connectivity index (χ0) is 21.5. The van der Waals surface area contributed by atoms with Crippen LogP contribution in [0.4, 0.5) is 4.79 Å². The number of rotatable bonds is 4. The molecular formula is C22H32N4O4. The summed E-state index contributed by atoms with van der Waals surface area (Å²) in [6.07, 6.45) is 5.51. The van der Waals surface area contributed by atoms with Crippen molar-refractivity contribution in [3.63, 3.8) is 0 Å². The summed E-state index contributed by atoms with van der Waals surface area (Å²) in [6.45, 7) is 8.29. The number of hydrogen-bond acceptors (Lipinski definition) is 5. The Kier molecular flexibility index (Phi) is 5.59. The van der Waals surface area contributed by atoms with Crippen molar-refractivity contribution in [3.8, 4) is 0 Å². The predicted octanol–water partition coefficient (Wildman–Crippen LogP) is 2.52. The van der Waals surface area contributed by atoms with Gasteiger partial charge in [0.2, 0.25) is 5.91 Å². The number of aromatic nitrogens is 1. The van der Waals surface area contributed by atoms with E-state index in [0.717, 1.165) is 43.6 Å². The maximum atomic E-state index is 12.6. The fourth-order valence-corrected chi connectivity index (χ4v) is 4.97. The van der Waals surface area contributed by atoms with E-state index in [1.54, 1.807) is 0 Å². The average Bonchev–Trinajstić information content (AvgIpc) is 3.27. The van der Waals surface area contributed by atoms with Gasteiger partial charge < -0.3 is 14.7 Å². The molecule has 1 aliphatic carbocycles. The summed E-state index contributed by atoms with van der Waals surface area (Å²) < 4.78 is 5.81. The molecule has 30 heavy (non-hydrogen) atoms. The van der Waals surface area contributed by atoms with Crippen LogP contribution < -0.4 is 10.6 Å². The largest absolute Gasteiger partial charge is 0.361 e. The molecule has 2 fully saturated rings. The number of imide groups is 1. The number of fused-ring (bicyclic) bond motifs is 1. The number of carbonyl (C=O) groups is 3. The number of nitrogens with zero attached hydrogens (tertiary/aromatic N) is 2. The first-order chi connectivity index (χ1) is 14.2. The quantitative estimate of drug-likeness (QED) is 0.734. The van der Waals surface area contributed by atoms with Crippen molar-refractivity contribution in [3.05, 3.63) is 17.0 Å². The molecule has 0 radical (unpaired) electrons. The Morgan fingerprint density at radius 3 is 2.57 bits per heavy atom. The molecule has 3 heterocycles. The first-order valence-electron chi connectivity index (χ1n) is 11.1. The van der Waals surface area contributed by atoms with E-state index in [2.05, 4.69) is 36.6 Å². The number of carbonyl (C=O) groups excluding carboxylic acids is 3. The fraction of sp³-hybridized carbons (Fsp3) is 0.727. The van der Waals surface area contributed by atoms with Gasteiger partial charge in [0.25, 0.3) is 5.91 Å². The number of likely N-dealkylation sites (tertiary alicyclic amines) is 1. The highest BCUT2D eigenvalue weighted by Gasteiger charge is 2.36. The highest BCUT2D eigenvalue weighted by atomic mass is 16.5. The van der Waals surface area contributed by atoms with Crippen LogP contribution in [0.15, 0.2) is 4.52 Å². The van der Waals surface area contributed by atoms with Crippen LogP contribution in [-0.2, 0) is 22.4 Å². The molecule has 0 bridgehead atoms. The van der Waals surface area contributed by atoms with Crippen LogP contribution in [0.1, 0.15) is 75.8 Å². The summed E-state index contributed by atoms with van der Waals surface area (Å²) in [5.74, 6) is 1.67. The van der Waals surface area contributed by atoms with Crippen molar-refractivity contribution < 1.29 is 18.9 Å². The van der Waals surface area contributed by atoms with Crippen LogP contribution in [0, 0.1) is 11.3 Å². The minimum absolute atomic E-state index is 0.0368. The van der Waals surface area contributed by atoms with Crippen LogP contribution in [0.25, 0.3) is 0 Å². The van der Waals surface area contributed by atoms with Crippen LogP contribution >= 0.6 is 0 Å². The minimum Gasteiger partial charge on any atom is -0.361 e. The van der Waals surface area contributed by atoms with Gasteiger partial charge in [-0.15, -0.1) is 0 Å². The molecule has 0 aromatic carbocycles. The lowest BCUT2D eigenvalue weighted by Crippen LogP contribution is -2.39. The molecule has 2 atom stereocenters. The molecule has 2 saturated heterocycles. The van der Waals surface area contributed by atoms with Gasteiger partial charge in [-0.3, -0.25) is 14.9 Å². The maximum Gasteiger partial charge on any atom is 0.322 e. The molecule has 1 aromatic heterocycles. The molecule has 8 nitrogen and oxygen atoms in total. The van der Waals surface area contributed by atoms with E-state index >= 15 is 0 Å². The monoisotopic (exact) mass is 416 g/mol. The van der Waals surface area contributed by atoms with Gasteiger partial charge in [0, 0.05) is 31.0 Å². The summed E-state index contributed by atoms with van der Waals surface area (Å²) in [6, 6.07) is -1.09. The van der Waals surface area contributed by atoms with E-state index in [-0.39, 0.29) is 23.7 Å². The van der Waals surface area contributed by atoms with Crippen LogP contribution in [-0.4, -0.2) is 47.0 Å². The molecule has 0 spiro atoms. The van der Waals surface area contributed by atoms with Gasteiger partial charge in [0.05, 0.1) is 5.69 Å². The Labute approximate surface area is 177 Å². The molecule has 8 heteroatoms. The Morgan fingerprint density at radius 2 is 1.93 bits per heavy atom. The molecule has 0 saturated carbocycles. The summed E-state index contributed by atoms with van der Waals surface area (Å²) >= 11 is 0. The highest BCUT2D eigenvalue weighted by Crippen LogP contribution is 2.41. The second-order valence-electron chi connectivity index (χ2n) is 9.99. The second kappa shape index (κ2) is 8.04. The standard InChI is InChI=1S/C22H32N4O4/c1-22(2,3)14-4-5-16-15(12-14)19(30-25-16)13-8-10-26(11-9-13)18(27)7-6-17-20(28)24-21(29)23-17/h13-14,17H,4-12H2,1-3H3,(H2,23,24,28,29). The molecule has 1 aromatic rings. The summed E-state index contributed by atoms with van der Waals surface area (Å²) in [4.78, 5) is 37.2. The third-order valence-corrected chi connectivity index (χ3v) is 7.03. The SMILES string of the molecule is CC(C)(C)C1CCc2noc(C3CCN(C(=O)CCC4NC(=O)NC4=O)CC3)c2C1. The van der Waals surface area contributed by atoms with Crippen LogP contribution in [0.2, 0.25) is 0 Å². The number of urea groups is 1. The van der Waals surface area contributed by atoms with Crippen molar-refractivity contribution in [1.82, 2.24) is 20.7 Å². The average molecular weight is 417 g/mol. The molecule has 4 amide bonds. The zero-order valence-electron chi connectivity index (χ0n) is 18.1. The summed E-state index contributed by atoms with van der Waals surface area (Å²) in [5.41, 5.74) is 2.72. The third-order valence-electron chi connectivity index (χ3n) is 7.03. The maximum absolute atomic E-state index is 12.6. The first kappa shape index (κ1) is 20.9. The topological polar surface area (TPSA) is 105 Å². The lowest BCUT2D eigenvalue weighted by atomic mass is 9.71. The smallest absolute Gasteiger partial charge is 0.322 e. The fourth-order valence-electron chi connectivity index (χ4n) is 4.97. The van der Waals surface area contributed by atoms with Gasteiger partial charge in [-0.1, -0.05) is 25.9 Å². The van der Waals surface area contributed by atoms with Crippen molar-refractivity contribution in [2.45, 2.75) is 77.7 Å². The lowest BCUT2D eigenvalue weighted by Gasteiger charge is -2.35. The normalized spacial score (nSPS) is 25.1. The minimum atomic E-state index is -0.601. The second-order valence-corrected chi connectivity index (χ2v) is 9.99. The van der Waals surface area contributed by atoms with Gasteiger partial charge >= 0.3 is 6.03 Å². The molecule has 164 valence electrons.